The summed E-state index contributed by atoms with van der Waals surface area (Å²) in [6.07, 6.45) is 7.16. The van der Waals surface area contributed by atoms with Crippen LogP contribution in [0.25, 0.3) is 21.9 Å². The second-order valence-electron chi connectivity index (χ2n) is 8.55. The molecule has 4 aromatic rings. The Labute approximate surface area is 198 Å². The lowest BCUT2D eigenvalue weighted by atomic mass is 10.0. The lowest BCUT2D eigenvalue weighted by Crippen LogP contribution is -2.43. The molecule has 1 amide bonds. The van der Waals surface area contributed by atoms with Gasteiger partial charge >= 0.3 is 0 Å². The van der Waals surface area contributed by atoms with Crippen LogP contribution in [0.15, 0.2) is 67.3 Å². The van der Waals surface area contributed by atoms with E-state index in [1.165, 1.54) is 0 Å². The van der Waals surface area contributed by atoms with Crippen LogP contribution in [0, 0.1) is 0 Å². The van der Waals surface area contributed by atoms with Crippen molar-refractivity contribution in [1.82, 2.24) is 20.3 Å². The molecule has 0 radical (unpaired) electrons. The van der Waals surface area contributed by atoms with E-state index >= 15 is 0 Å². The van der Waals surface area contributed by atoms with Crippen LogP contribution in [0.2, 0.25) is 0 Å². The molecule has 8 nitrogen and oxygen atoms in total. The molecule has 8 heteroatoms. The van der Waals surface area contributed by atoms with Crippen molar-refractivity contribution in [3.05, 3.63) is 72.8 Å². The van der Waals surface area contributed by atoms with Gasteiger partial charge in [0, 0.05) is 75.4 Å². The summed E-state index contributed by atoms with van der Waals surface area (Å²) in [5.41, 5.74) is 3.69. The van der Waals surface area contributed by atoms with Crippen LogP contribution in [0.5, 0.6) is 0 Å². The molecule has 1 saturated heterocycles. The maximum Gasteiger partial charge on any atom is 0.257 e. The van der Waals surface area contributed by atoms with Gasteiger partial charge in [0.1, 0.15) is 11.6 Å². The summed E-state index contributed by atoms with van der Waals surface area (Å²) in [6, 6.07) is 13.8. The van der Waals surface area contributed by atoms with Gasteiger partial charge in [0.15, 0.2) is 0 Å². The average molecular weight is 454 g/mol. The van der Waals surface area contributed by atoms with Crippen molar-refractivity contribution in [2.45, 2.75) is 0 Å². The van der Waals surface area contributed by atoms with Crippen LogP contribution in [0.4, 0.5) is 17.3 Å². The maximum absolute atomic E-state index is 13.0. The Kier molecular flexibility index (Phi) is 6.05. The number of amides is 1. The third-order valence-electron chi connectivity index (χ3n) is 5.99. The van der Waals surface area contributed by atoms with Gasteiger partial charge in [-0.2, -0.15) is 0 Å². The van der Waals surface area contributed by atoms with Crippen LogP contribution in [-0.4, -0.2) is 61.1 Å². The number of fused-ring (bicyclic) bond motifs is 1. The number of nitrogens with zero attached hydrogens (tertiary/aromatic N) is 5. The first-order valence-electron chi connectivity index (χ1n) is 11.3. The number of benzene rings is 1. The highest BCUT2D eigenvalue weighted by molar-refractivity contribution is 6.05. The number of carbonyl (C=O) groups excluding carboxylic acids is 1. The fraction of sp³-hybridized carbons (Fsp3) is 0.231. The van der Waals surface area contributed by atoms with Gasteiger partial charge in [0.05, 0.1) is 11.9 Å². The first-order chi connectivity index (χ1) is 16.6. The summed E-state index contributed by atoms with van der Waals surface area (Å²) in [7, 11) is 3.99. The summed E-state index contributed by atoms with van der Waals surface area (Å²) >= 11 is 0. The molecule has 1 fully saturated rings. The fourth-order valence-corrected chi connectivity index (χ4v) is 4.03. The first kappa shape index (κ1) is 21.8. The molecule has 5 rings (SSSR count). The molecule has 0 spiro atoms. The zero-order valence-corrected chi connectivity index (χ0v) is 19.3. The number of nitrogens with one attached hydrogen (secondary N) is 2. The van der Waals surface area contributed by atoms with E-state index in [0.29, 0.717) is 11.4 Å². The standard InChI is InChI=1S/C26H27N7O/c1-32(2)23-12-22(15-28-17-23)18-3-4-20-16-30-24(13-21(20)11-18)31-26(34)19-5-6-29-25(14-19)33-9-7-27-8-10-33/h3-6,11-17,27H,7-10H2,1-2H3,(H,30,31,34). The quantitative estimate of drug-likeness (QED) is 0.479. The van der Waals surface area contributed by atoms with Crippen LogP contribution in [-0.2, 0) is 0 Å². The van der Waals surface area contributed by atoms with Gasteiger partial charge in [-0.05, 0) is 41.3 Å². The highest BCUT2D eigenvalue weighted by atomic mass is 16.1. The van der Waals surface area contributed by atoms with Gasteiger partial charge in [-0.25, -0.2) is 9.97 Å². The van der Waals surface area contributed by atoms with Gasteiger partial charge in [-0.3, -0.25) is 9.78 Å². The number of aromatic nitrogens is 3. The minimum absolute atomic E-state index is 0.204. The maximum atomic E-state index is 13.0. The number of carbonyl (C=O) groups is 1. The molecule has 0 saturated carbocycles. The minimum Gasteiger partial charge on any atom is -0.376 e. The van der Waals surface area contributed by atoms with E-state index in [1.807, 2.05) is 49.6 Å². The Morgan fingerprint density at radius 2 is 1.79 bits per heavy atom. The minimum atomic E-state index is -0.204. The molecule has 4 heterocycles. The van der Waals surface area contributed by atoms with Crippen LogP contribution < -0.4 is 20.4 Å². The molecule has 1 aliphatic heterocycles. The molecule has 0 unspecified atom stereocenters. The number of hydrogen-bond acceptors (Lipinski definition) is 7. The highest BCUT2D eigenvalue weighted by Crippen LogP contribution is 2.27. The lowest BCUT2D eigenvalue weighted by molar-refractivity contribution is 0.102. The topological polar surface area (TPSA) is 86.3 Å². The SMILES string of the molecule is CN(C)c1cncc(-c2ccc3cnc(NC(=O)c4ccnc(N5CCNCC5)c4)cc3c2)c1. The van der Waals surface area contributed by atoms with Crippen molar-refractivity contribution in [2.75, 3.05) is 55.4 Å². The van der Waals surface area contributed by atoms with E-state index in [4.69, 9.17) is 0 Å². The molecule has 0 aliphatic carbocycles. The predicted molar refractivity (Wildman–Crippen MR) is 137 cm³/mol. The van der Waals surface area contributed by atoms with E-state index in [0.717, 1.165) is 59.6 Å². The lowest BCUT2D eigenvalue weighted by Gasteiger charge is -2.28. The van der Waals surface area contributed by atoms with E-state index in [2.05, 4.69) is 48.7 Å². The summed E-state index contributed by atoms with van der Waals surface area (Å²) in [5, 5.41) is 8.26. The molecule has 0 bridgehead atoms. The first-order valence-corrected chi connectivity index (χ1v) is 11.3. The van der Waals surface area contributed by atoms with Crippen LogP contribution >= 0.6 is 0 Å². The zero-order chi connectivity index (χ0) is 23.5. The number of pyridine rings is 3. The smallest absolute Gasteiger partial charge is 0.257 e. The van der Waals surface area contributed by atoms with Gasteiger partial charge in [0.2, 0.25) is 0 Å². The Morgan fingerprint density at radius 1 is 0.941 bits per heavy atom. The monoisotopic (exact) mass is 453 g/mol. The van der Waals surface area contributed by atoms with E-state index in [1.54, 1.807) is 18.5 Å². The number of hydrogen-bond donors (Lipinski definition) is 2. The molecular formula is C26H27N7O. The third-order valence-corrected chi connectivity index (χ3v) is 5.99. The second kappa shape index (κ2) is 9.44. The predicted octanol–water partition coefficient (Wildman–Crippen LogP) is 3.42. The van der Waals surface area contributed by atoms with Crippen molar-refractivity contribution in [2.24, 2.45) is 0 Å². The average Bonchev–Trinajstić information content (AvgIpc) is 2.89. The van der Waals surface area contributed by atoms with Crippen molar-refractivity contribution < 1.29 is 4.79 Å². The van der Waals surface area contributed by atoms with Crippen molar-refractivity contribution >= 4 is 34.0 Å². The molecule has 0 atom stereocenters. The molecule has 3 aromatic heterocycles. The zero-order valence-electron chi connectivity index (χ0n) is 19.3. The highest BCUT2D eigenvalue weighted by Gasteiger charge is 2.15. The molecule has 1 aliphatic rings. The van der Waals surface area contributed by atoms with Crippen molar-refractivity contribution in [3.63, 3.8) is 0 Å². The Balaban J connectivity index is 1.38. The molecule has 1 aromatic carbocycles. The number of anilines is 3. The Bertz CT molecular complexity index is 1330. The molecule has 2 N–H and O–H groups in total. The number of rotatable bonds is 5. The summed E-state index contributed by atoms with van der Waals surface area (Å²) in [4.78, 5) is 30.4. The van der Waals surface area contributed by atoms with Crippen molar-refractivity contribution in [3.8, 4) is 11.1 Å². The second-order valence-corrected chi connectivity index (χ2v) is 8.55. The largest absolute Gasteiger partial charge is 0.376 e. The summed E-state index contributed by atoms with van der Waals surface area (Å²) < 4.78 is 0. The van der Waals surface area contributed by atoms with E-state index in [-0.39, 0.29) is 5.91 Å². The van der Waals surface area contributed by atoms with Gasteiger partial charge in [0.25, 0.3) is 5.91 Å². The van der Waals surface area contributed by atoms with E-state index < -0.39 is 0 Å². The third kappa shape index (κ3) is 4.67. The van der Waals surface area contributed by atoms with Crippen molar-refractivity contribution in [1.29, 1.82) is 0 Å². The molecular weight excluding hydrogens is 426 g/mol. The summed E-state index contributed by atoms with van der Waals surface area (Å²) in [6.45, 7) is 3.58. The fourth-order valence-electron chi connectivity index (χ4n) is 4.03. The molecule has 172 valence electrons. The normalized spacial score (nSPS) is 13.6. The summed E-state index contributed by atoms with van der Waals surface area (Å²) in [5.74, 6) is 1.12. The van der Waals surface area contributed by atoms with Gasteiger partial charge in [-0.1, -0.05) is 12.1 Å². The molecule has 34 heavy (non-hydrogen) atoms. The van der Waals surface area contributed by atoms with Gasteiger partial charge in [-0.15, -0.1) is 0 Å². The number of piperazine rings is 1. The van der Waals surface area contributed by atoms with E-state index in [9.17, 15) is 4.79 Å². The Hall–Kier alpha value is -4.04. The van der Waals surface area contributed by atoms with Gasteiger partial charge < -0.3 is 20.4 Å². The van der Waals surface area contributed by atoms with Crippen LogP contribution in [0.1, 0.15) is 10.4 Å². The van der Waals surface area contributed by atoms with Crippen LogP contribution in [0.3, 0.4) is 0 Å². The Morgan fingerprint density at radius 3 is 2.62 bits per heavy atom.